The normalized spacial score (nSPS) is 13.4. The highest BCUT2D eigenvalue weighted by Crippen LogP contribution is 2.35. The van der Waals surface area contributed by atoms with E-state index in [0.29, 0.717) is 32.8 Å². The van der Waals surface area contributed by atoms with E-state index in [-0.39, 0.29) is 24.2 Å². The maximum atomic E-state index is 14.4. The molecule has 0 unspecified atom stereocenters. The van der Waals surface area contributed by atoms with E-state index in [4.69, 9.17) is 4.74 Å². The number of fused-ring (bicyclic) bond motifs is 2. The summed E-state index contributed by atoms with van der Waals surface area (Å²) in [7, 11) is 1.52. The van der Waals surface area contributed by atoms with Crippen LogP contribution in [0.3, 0.4) is 0 Å². The molecule has 0 saturated carbocycles. The minimum atomic E-state index is -0.358. The predicted molar refractivity (Wildman–Crippen MR) is 113 cm³/mol. The first-order chi connectivity index (χ1) is 14.0. The Morgan fingerprint density at radius 2 is 2.10 bits per heavy atom. The van der Waals surface area contributed by atoms with Gasteiger partial charge < -0.3 is 15.0 Å². The molecule has 5 nitrogen and oxygen atoms in total. The minimum Gasteiger partial charge on any atom is -0.380 e. The number of hydrogen-bond acceptors (Lipinski definition) is 4. The molecule has 2 amide bonds. The molecule has 1 N–H and O–H groups in total. The number of ether oxygens (including phenoxy) is 1. The van der Waals surface area contributed by atoms with Gasteiger partial charge in [-0.15, -0.1) is 11.3 Å². The Balaban J connectivity index is 1.66. The molecule has 0 saturated heterocycles. The number of methoxy groups -OCH3 is 1. The molecule has 0 fully saturated rings. The van der Waals surface area contributed by atoms with Crippen molar-refractivity contribution in [2.45, 2.75) is 26.4 Å². The van der Waals surface area contributed by atoms with Crippen molar-refractivity contribution in [3.8, 4) is 0 Å². The van der Waals surface area contributed by atoms with E-state index in [0.717, 1.165) is 24.1 Å². The van der Waals surface area contributed by atoms with Crippen molar-refractivity contribution >= 4 is 44.6 Å². The highest BCUT2D eigenvalue weighted by molar-refractivity contribution is 7.21. The Bertz CT molecular complexity index is 1110. The number of hydrogen-bond donors (Lipinski definition) is 1. The zero-order chi connectivity index (χ0) is 20.5. The van der Waals surface area contributed by atoms with Crippen LogP contribution < -0.4 is 10.2 Å². The van der Waals surface area contributed by atoms with Gasteiger partial charge in [0.15, 0.2) is 0 Å². The van der Waals surface area contributed by atoms with Crippen molar-refractivity contribution in [2.75, 3.05) is 23.9 Å². The van der Waals surface area contributed by atoms with Crippen molar-refractivity contribution in [2.24, 2.45) is 0 Å². The molecule has 0 bridgehead atoms. The highest BCUT2D eigenvalue weighted by atomic mass is 32.1. The average molecular weight is 412 g/mol. The summed E-state index contributed by atoms with van der Waals surface area (Å²) in [6.07, 6.45) is 1.74. The zero-order valence-electron chi connectivity index (χ0n) is 16.3. The second kappa shape index (κ2) is 7.93. The molecule has 0 spiro atoms. The first-order valence-electron chi connectivity index (χ1n) is 9.41. The molecule has 1 aliphatic rings. The van der Waals surface area contributed by atoms with Gasteiger partial charge in [0, 0.05) is 47.6 Å². The quantitative estimate of drug-likeness (QED) is 0.674. The summed E-state index contributed by atoms with van der Waals surface area (Å²) < 4.78 is 20.3. The number of benzene rings is 2. The summed E-state index contributed by atoms with van der Waals surface area (Å²) in [5.41, 5.74) is 3.14. The number of aryl methyl sites for hydroxylation is 1. The molecule has 0 atom stereocenters. The van der Waals surface area contributed by atoms with Gasteiger partial charge in [-0.2, -0.15) is 0 Å². The summed E-state index contributed by atoms with van der Waals surface area (Å²) in [5.74, 6) is -0.640. The maximum absolute atomic E-state index is 14.4. The standard InChI is InChI=1S/C22H21FN2O3S/c1-13(26)25-10-4-5-14-11-15(8-9-18(14)25)24-22(27)21-16(12-28-2)20-17(23)6-3-7-19(20)29-21/h3,6-9,11H,4-5,10,12H2,1-2H3,(H,24,27). The van der Waals surface area contributed by atoms with Gasteiger partial charge in [0.2, 0.25) is 5.91 Å². The molecule has 150 valence electrons. The number of carbonyl (C=O) groups is 2. The number of rotatable bonds is 4. The topological polar surface area (TPSA) is 58.6 Å². The van der Waals surface area contributed by atoms with Gasteiger partial charge >= 0.3 is 0 Å². The van der Waals surface area contributed by atoms with Crippen molar-refractivity contribution in [3.63, 3.8) is 0 Å². The van der Waals surface area contributed by atoms with Crippen LogP contribution in [0.15, 0.2) is 36.4 Å². The van der Waals surface area contributed by atoms with Crippen LogP contribution in [0.5, 0.6) is 0 Å². The molecular weight excluding hydrogens is 391 g/mol. The van der Waals surface area contributed by atoms with Crippen LogP contribution in [0.4, 0.5) is 15.8 Å². The average Bonchev–Trinajstić information content (AvgIpc) is 3.07. The third kappa shape index (κ3) is 3.63. The van der Waals surface area contributed by atoms with E-state index < -0.39 is 0 Å². The summed E-state index contributed by atoms with van der Waals surface area (Å²) in [4.78, 5) is 27.0. The van der Waals surface area contributed by atoms with E-state index in [9.17, 15) is 14.0 Å². The Kier molecular flexibility index (Phi) is 5.34. The zero-order valence-corrected chi connectivity index (χ0v) is 17.1. The summed E-state index contributed by atoms with van der Waals surface area (Å²) in [6.45, 7) is 2.42. The van der Waals surface area contributed by atoms with Crippen LogP contribution in [-0.2, 0) is 22.6 Å². The lowest BCUT2D eigenvalue weighted by molar-refractivity contribution is -0.116. The number of amides is 2. The number of anilines is 2. The molecular formula is C22H21FN2O3S. The van der Waals surface area contributed by atoms with E-state index >= 15 is 0 Å². The van der Waals surface area contributed by atoms with Crippen LogP contribution in [0, 0.1) is 5.82 Å². The molecule has 2 heterocycles. The Labute approximate surface area is 172 Å². The highest BCUT2D eigenvalue weighted by Gasteiger charge is 2.23. The second-order valence-electron chi connectivity index (χ2n) is 7.03. The molecule has 1 aromatic heterocycles. The third-order valence-corrected chi connectivity index (χ3v) is 6.29. The molecule has 4 rings (SSSR count). The number of nitrogens with one attached hydrogen (secondary N) is 1. The van der Waals surface area contributed by atoms with Gasteiger partial charge in [-0.05, 0) is 48.7 Å². The maximum Gasteiger partial charge on any atom is 0.266 e. The molecule has 7 heteroatoms. The fourth-order valence-corrected chi connectivity index (χ4v) is 4.94. The van der Waals surface area contributed by atoms with Gasteiger partial charge in [-0.25, -0.2) is 4.39 Å². The van der Waals surface area contributed by atoms with E-state index in [2.05, 4.69) is 5.32 Å². The number of thiophene rings is 1. The summed E-state index contributed by atoms with van der Waals surface area (Å²) >= 11 is 1.25. The van der Waals surface area contributed by atoms with Crippen LogP contribution in [-0.4, -0.2) is 25.5 Å². The van der Waals surface area contributed by atoms with E-state index in [1.54, 1.807) is 30.0 Å². The van der Waals surface area contributed by atoms with Crippen LogP contribution in [0.25, 0.3) is 10.1 Å². The smallest absolute Gasteiger partial charge is 0.266 e. The van der Waals surface area contributed by atoms with Gasteiger partial charge in [0.05, 0.1) is 11.5 Å². The second-order valence-corrected chi connectivity index (χ2v) is 8.08. The molecule has 0 aliphatic carbocycles. The molecule has 0 radical (unpaired) electrons. The number of nitrogens with zero attached hydrogens (tertiary/aromatic N) is 1. The first-order valence-corrected chi connectivity index (χ1v) is 10.2. The lowest BCUT2D eigenvalue weighted by Crippen LogP contribution is -2.33. The minimum absolute atomic E-state index is 0.0132. The number of halogens is 1. The van der Waals surface area contributed by atoms with Crippen molar-refractivity contribution < 1.29 is 18.7 Å². The largest absolute Gasteiger partial charge is 0.380 e. The molecule has 3 aromatic rings. The van der Waals surface area contributed by atoms with Crippen LogP contribution in [0.2, 0.25) is 0 Å². The lowest BCUT2D eigenvalue weighted by Gasteiger charge is -2.29. The Morgan fingerprint density at radius 1 is 1.28 bits per heavy atom. The van der Waals surface area contributed by atoms with Gasteiger partial charge in [-0.1, -0.05) is 6.07 Å². The summed E-state index contributed by atoms with van der Waals surface area (Å²) in [6, 6.07) is 10.4. The van der Waals surface area contributed by atoms with Gasteiger partial charge in [0.1, 0.15) is 5.82 Å². The van der Waals surface area contributed by atoms with Crippen LogP contribution >= 0.6 is 11.3 Å². The fourth-order valence-electron chi connectivity index (χ4n) is 3.82. The van der Waals surface area contributed by atoms with Crippen molar-refractivity contribution in [3.05, 3.63) is 58.2 Å². The monoisotopic (exact) mass is 412 g/mol. The number of carbonyl (C=O) groups excluding carboxylic acids is 2. The first kappa shape index (κ1) is 19.5. The Morgan fingerprint density at radius 3 is 2.86 bits per heavy atom. The van der Waals surface area contributed by atoms with Crippen molar-refractivity contribution in [1.82, 2.24) is 0 Å². The van der Waals surface area contributed by atoms with Gasteiger partial charge in [0.25, 0.3) is 5.91 Å². The Hall–Kier alpha value is -2.77. The van der Waals surface area contributed by atoms with E-state index in [1.165, 1.54) is 24.5 Å². The SMILES string of the molecule is COCc1c(C(=O)Nc2ccc3c(c2)CCCN3C(C)=O)sc2cccc(F)c12. The third-order valence-electron chi connectivity index (χ3n) is 5.09. The molecule has 1 aliphatic heterocycles. The van der Waals surface area contributed by atoms with Crippen LogP contribution in [0.1, 0.15) is 34.1 Å². The fraction of sp³-hybridized carbons (Fsp3) is 0.273. The predicted octanol–water partition coefficient (Wildman–Crippen LogP) is 4.74. The molecule has 2 aromatic carbocycles. The van der Waals surface area contributed by atoms with Gasteiger partial charge in [-0.3, -0.25) is 9.59 Å². The molecule has 29 heavy (non-hydrogen) atoms. The summed E-state index contributed by atoms with van der Waals surface area (Å²) in [5, 5.41) is 3.36. The van der Waals surface area contributed by atoms with Crippen molar-refractivity contribution in [1.29, 1.82) is 0 Å². The lowest BCUT2D eigenvalue weighted by atomic mass is 10.0. The van der Waals surface area contributed by atoms with E-state index in [1.807, 2.05) is 12.1 Å².